The van der Waals surface area contributed by atoms with Crippen LogP contribution >= 0.6 is 0 Å². The van der Waals surface area contributed by atoms with E-state index in [1.165, 1.54) is 81.4 Å². The first-order valence-corrected chi connectivity index (χ1v) is 11.4. The van der Waals surface area contributed by atoms with E-state index in [9.17, 15) is 4.79 Å². The van der Waals surface area contributed by atoms with Crippen LogP contribution in [0, 0.1) is 0 Å². The van der Waals surface area contributed by atoms with Crippen molar-refractivity contribution in [2.75, 3.05) is 0 Å². The Morgan fingerprint density at radius 1 is 0.826 bits per heavy atom. The maximum atomic E-state index is 11.2. The third-order valence-corrected chi connectivity index (χ3v) is 6.78. The van der Waals surface area contributed by atoms with E-state index in [2.05, 4.69) is 31.2 Å². The fourth-order valence-corrected chi connectivity index (χ4v) is 4.94. The van der Waals surface area contributed by atoms with Crippen LogP contribution in [0.4, 0.5) is 0 Å². The summed E-state index contributed by atoms with van der Waals surface area (Å²) in [4.78, 5) is 11.5. The fraction of sp³-hybridized carbons (Fsp3) is 0.667. The Morgan fingerprint density at radius 3 is 1.87 bits per heavy atom. The van der Waals surface area contributed by atoms with Gasteiger partial charge in [-0.15, -0.1) is 0 Å². The van der Waals surface area contributed by atoms with Crippen LogP contribution in [-0.4, -0.2) is 21.2 Å². The number of unbranched alkanes of at least 4 members (excludes halogenated alkanes) is 10. The number of carbonyl (C=O) groups is 1. The molecule has 0 aliphatic carbocycles. The molecule has 1 rings (SSSR count). The topological polar surface area (TPSA) is 17.1 Å². The van der Waals surface area contributed by atoms with Crippen molar-refractivity contribution < 1.29 is 4.79 Å². The molecule has 0 bridgehead atoms. The number of hydrogen-bond acceptors (Lipinski definition) is 1. The Labute approximate surface area is 149 Å². The Bertz CT molecular complexity index is 377. The standard InChI is InChI=1S/C21H34OSe/c1-2-3-4-5-6-7-8-9-10-11-13-18-21(19-22)23-20-16-14-12-15-17-20/h12,14-17,19,21H,2-11,13,18H2,1H3. The van der Waals surface area contributed by atoms with Gasteiger partial charge in [-0.3, -0.25) is 0 Å². The molecule has 23 heavy (non-hydrogen) atoms. The molecule has 1 unspecified atom stereocenters. The summed E-state index contributed by atoms with van der Waals surface area (Å²) in [6, 6.07) is 10.5. The SMILES string of the molecule is CCCCCCCCCCCCCC(C=O)[Se]c1ccccc1. The second-order valence-electron chi connectivity index (χ2n) is 6.43. The van der Waals surface area contributed by atoms with Crippen LogP contribution in [0.2, 0.25) is 4.82 Å². The third kappa shape index (κ3) is 11.6. The number of benzene rings is 1. The van der Waals surface area contributed by atoms with E-state index in [1.807, 2.05) is 6.07 Å². The zero-order valence-corrected chi connectivity index (χ0v) is 16.6. The van der Waals surface area contributed by atoms with Gasteiger partial charge in [-0.1, -0.05) is 13.3 Å². The van der Waals surface area contributed by atoms with Crippen LogP contribution in [0.1, 0.15) is 84.0 Å². The molecule has 0 fully saturated rings. The number of hydrogen-bond donors (Lipinski definition) is 0. The summed E-state index contributed by atoms with van der Waals surface area (Å²) in [5.74, 6) is 0. The van der Waals surface area contributed by atoms with E-state index in [1.54, 1.807) is 0 Å². The molecule has 0 spiro atoms. The summed E-state index contributed by atoms with van der Waals surface area (Å²) in [7, 11) is 0. The Kier molecular flexibility index (Phi) is 13.3. The molecule has 0 heterocycles. The average molecular weight is 381 g/mol. The van der Waals surface area contributed by atoms with Crippen molar-refractivity contribution in [3.05, 3.63) is 30.3 Å². The molecule has 0 aromatic heterocycles. The molecule has 1 nitrogen and oxygen atoms in total. The zero-order valence-electron chi connectivity index (χ0n) is 14.8. The molecular formula is C21H34OSe. The third-order valence-electron chi connectivity index (χ3n) is 4.27. The summed E-state index contributed by atoms with van der Waals surface area (Å²) in [6.45, 7) is 2.27. The van der Waals surface area contributed by atoms with Gasteiger partial charge < -0.3 is 0 Å². The summed E-state index contributed by atoms with van der Waals surface area (Å²) in [6.07, 6.45) is 17.3. The number of carbonyl (C=O) groups excluding carboxylic acids is 1. The van der Waals surface area contributed by atoms with Gasteiger partial charge in [0.05, 0.1) is 0 Å². The molecule has 0 aliphatic heterocycles. The van der Waals surface area contributed by atoms with Crippen LogP contribution in [0.25, 0.3) is 0 Å². The monoisotopic (exact) mass is 382 g/mol. The molecule has 0 saturated carbocycles. The van der Waals surface area contributed by atoms with Crippen LogP contribution in [0.5, 0.6) is 0 Å². The second-order valence-corrected chi connectivity index (χ2v) is 9.18. The normalized spacial score (nSPS) is 12.2. The maximum absolute atomic E-state index is 11.2. The van der Waals surface area contributed by atoms with Gasteiger partial charge in [0.15, 0.2) is 0 Å². The molecule has 130 valence electrons. The van der Waals surface area contributed by atoms with Crippen molar-refractivity contribution in [2.45, 2.75) is 88.8 Å². The Hall–Kier alpha value is -0.591. The molecule has 1 aromatic carbocycles. The van der Waals surface area contributed by atoms with Gasteiger partial charge >= 0.3 is 136 Å². The summed E-state index contributed by atoms with van der Waals surface area (Å²) in [5, 5.41) is 0. The molecule has 0 aliphatic rings. The fourth-order valence-electron chi connectivity index (χ4n) is 2.84. The van der Waals surface area contributed by atoms with Crippen LogP contribution in [0.15, 0.2) is 30.3 Å². The zero-order chi connectivity index (χ0) is 16.6. The minimum absolute atomic E-state index is 0.267. The summed E-state index contributed by atoms with van der Waals surface area (Å²) in [5.41, 5.74) is 0. The van der Waals surface area contributed by atoms with Crippen molar-refractivity contribution in [1.29, 1.82) is 0 Å². The molecule has 1 atom stereocenters. The summed E-state index contributed by atoms with van der Waals surface area (Å²) >= 11 is 0.307. The van der Waals surface area contributed by atoms with E-state index in [0.717, 1.165) is 6.42 Å². The summed E-state index contributed by atoms with van der Waals surface area (Å²) < 4.78 is 1.35. The van der Waals surface area contributed by atoms with Gasteiger partial charge in [-0.05, 0) is 0 Å². The molecule has 0 radical (unpaired) electrons. The minimum atomic E-state index is 0.267. The van der Waals surface area contributed by atoms with Gasteiger partial charge in [-0.2, -0.15) is 0 Å². The van der Waals surface area contributed by atoms with E-state index in [4.69, 9.17) is 0 Å². The first-order chi connectivity index (χ1) is 11.4. The Balaban J connectivity index is 1.94. The Morgan fingerprint density at radius 2 is 1.35 bits per heavy atom. The first kappa shape index (κ1) is 20.5. The predicted octanol–water partition coefficient (Wildman–Crippen LogP) is 5.70. The molecule has 2 heteroatoms. The number of aldehydes is 1. The molecular weight excluding hydrogens is 347 g/mol. The van der Waals surface area contributed by atoms with Crippen LogP contribution < -0.4 is 4.46 Å². The van der Waals surface area contributed by atoms with Crippen molar-refractivity contribution in [3.63, 3.8) is 0 Å². The predicted molar refractivity (Wildman–Crippen MR) is 103 cm³/mol. The van der Waals surface area contributed by atoms with Gasteiger partial charge in [0.25, 0.3) is 0 Å². The van der Waals surface area contributed by atoms with Crippen molar-refractivity contribution in [1.82, 2.24) is 0 Å². The quantitative estimate of drug-likeness (QED) is 0.216. The van der Waals surface area contributed by atoms with E-state index >= 15 is 0 Å². The van der Waals surface area contributed by atoms with Crippen LogP contribution in [-0.2, 0) is 4.79 Å². The van der Waals surface area contributed by atoms with Gasteiger partial charge in [0, 0.05) is 0 Å². The van der Waals surface area contributed by atoms with Crippen molar-refractivity contribution >= 4 is 25.7 Å². The van der Waals surface area contributed by atoms with Gasteiger partial charge in [-0.25, -0.2) is 0 Å². The van der Waals surface area contributed by atoms with Crippen molar-refractivity contribution in [2.24, 2.45) is 0 Å². The van der Waals surface area contributed by atoms with Gasteiger partial charge in [0.1, 0.15) is 0 Å². The molecule has 0 amide bonds. The van der Waals surface area contributed by atoms with E-state index in [0.29, 0.717) is 15.0 Å². The number of rotatable bonds is 15. The van der Waals surface area contributed by atoms with E-state index in [-0.39, 0.29) is 4.82 Å². The molecule has 0 N–H and O–H groups in total. The van der Waals surface area contributed by atoms with Crippen molar-refractivity contribution in [3.8, 4) is 0 Å². The molecule has 0 saturated heterocycles. The molecule has 1 aromatic rings. The van der Waals surface area contributed by atoms with Crippen LogP contribution in [0.3, 0.4) is 0 Å². The van der Waals surface area contributed by atoms with E-state index < -0.39 is 0 Å². The second kappa shape index (κ2) is 15.0. The van der Waals surface area contributed by atoms with Gasteiger partial charge in [0.2, 0.25) is 0 Å². The average Bonchev–Trinajstić information content (AvgIpc) is 2.59. The first-order valence-electron chi connectivity index (χ1n) is 9.53.